The van der Waals surface area contributed by atoms with Gasteiger partial charge in [0.1, 0.15) is 5.69 Å². The molecule has 1 aliphatic carbocycles. The number of aryl methyl sites for hydroxylation is 1. The van der Waals surface area contributed by atoms with Crippen molar-refractivity contribution in [1.29, 1.82) is 0 Å². The first-order valence-electron chi connectivity index (χ1n) is 13.4. The molecule has 0 radical (unpaired) electrons. The summed E-state index contributed by atoms with van der Waals surface area (Å²) in [5, 5.41) is 7.92. The van der Waals surface area contributed by atoms with Crippen LogP contribution >= 0.6 is 11.6 Å². The average molecular weight is 544 g/mol. The number of aromatic nitrogens is 6. The molecule has 4 aromatic heterocycles. The molecule has 1 fully saturated rings. The number of hydrogen-bond acceptors (Lipinski definition) is 7. The summed E-state index contributed by atoms with van der Waals surface area (Å²) >= 11 is 6.34. The average Bonchev–Trinajstić information content (AvgIpc) is 3.54. The van der Waals surface area contributed by atoms with Crippen LogP contribution in [0.1, 0.15) is 44.6 Å². The first kappa shape index (κ1) is 25.3. The van der Waals surface area contributed by atoms with Crippen molar-refractivity contribution in [3.63, 3.8) is 0 Å². The maximum Gasteiger partial charge on any atom is 0.439 e. The van der Waals surface area contributed by atoms with Crippen LogP contribution in [0, 0.1) is 11.8 Å². The minimum atomic E-state index is -0.643. The molecule has 1 saturated carbocycles. The van der Waals surface area contributed by atoms with Crippen LogP contribution in [0.15, 0.2) is 64.2 Å². The summed E-state index contributed by atoms with van der Waals surface area (Å²) in [5.41, 5.74) is 4.64. The van der Waals surface area contributed by atoms with E-state index in [4.69, 9.17) is 26.1 Å². The number of hydrogen-bond donors (Lipinski definition) is 2. The smallest absolute Gasteiger partial charge is 0.352 e. The van der Waals surface area contributed by atoms with E-state index in [9.17, 15) is 4.79 Å². The quantitative estimate of drug-likeness (QED) is 0.235. The molecular weight excluding hydrogens is 514 g/mol. The van der Waals surface area contributed by atoms with Crippen molar-refractivity contribution in [2.75, 3.05) is 5.32 Å². The van der Waals surface area contributed by atoms with Gasteiger partial charge < -0.3 is 9.88 Å². The lowest BCUT2D eigenvalue weighted by atomic mass is 9.81. The van der Waals surface area contributed by atoms with E-state index in [0.717, 1.165) is 47.0 Å². The lowest BCUT2D eigenvalue weighted by Crippen LogP contribution is -2.16. The second kappa shape index (κ2) is 11.0. The van der Waals surface area contributed by atoms with Gasteiger partial charge in [-0.3, -0.25) is 14.5 Å². The minimum Gasteiger partial charge on any atom is -0.352 e. The Morgan fingerprint density at radius 3 is 2.67 bits per heavy atom. The Hall–Kier alpha value is -3.98. The number of halogens is 1. The summed E-state index contributed by atoms with van der Waals surface area (Å²) in [6.45, 7) is 3.79. The molecule has 10 heteroatoms. The summed E-state index contributed by atoms with van der Waals surface area (Å²) in [4.78, 5) is 28.5. The number of imidazole rings is 1. The van der Waals surface area contributed by atoms with Gasteiger partial charge in [0, 0.05) is 31.0 Å². The van der Waals surface area contributed by atoms with Gasteiger partial charge in [-0.2, -0.15) is 0 Å². The predicted molar refractivity (Wildman–Crippen MR) is 151 cm³/mol. The third-order valence-electron chi connectivity index (χ3n) is 7.58. The predicted octanol–water partition coefficient (Wildman–Crippen LogP) is 6.32. The van der Waals surface area contributed by atoms with Crippen LogP contribution in [0.4, 0.5) is 5.95 Å². The van der Waals surface area contributed by atoms with E-state index in [1.54, 1.807) is 12.4 Å². The largest absolute Gasteiger partial charge is 0.439 e. The molecule has 9 nitrogen and oxygen atoms in total. The Balaban J connectivity index is 1.46. The van der Waals surface area contributed by atoms with Crippen molar-refractivity contribution < 1.29 is 4.52 Å². The van der Waals surface area contributed by atoms with Gasteiger partial charge in [0.25, 0.3) is 0 Å². The van der Waals surface area contributed by atoms with Crippen LogP contribution in [0.2, 0.25) is 5.02 Å². The van der Waals surface area contributed by atoms with Crippen molar-refractivity contribution in [1.82, 2.24) is 29.7 Å². The van der Waals surface area contributed by atoms with Gasteiger partial charge in [0.05, 0.1) is 21.7 Å². The molecule has 0 bridgehead atoms. The Labute approximate surface area is 230 Å². The second-order valence-electron chi connectivity index (χ2n) is 10.4. The first-order chi connectivity index (χ1) is 19.0. The first-order valence-corrected chi connectivity index (χ1v) is 13.8. The highest BCUT2D eigenvalue weighted by molar-refractivity contribution is 6.30. The van der Waals surface area contributed by atoms with Gasteiger partial charge in [-0.15, -0.1) is 0 Å². The fraction of sp³-hybridized carbons (Fsp3) is 0.345. The number of nitrogens with zero attached hydrogens (tertiary/aromatic N) is 5. The zero-order valence-corrected chi connectivity index (χ0v) is 22.5. The molecular formula is C29H30ClN7O2. The monoisotopic (exact) mass is 543 g/mol. The van der Waals surface area contributed by atoms with Gasteiger partial charge in [-0.1, -0.05) is 79.7 Å². The van der Waals surface area contributed by atoms with E-state index in [1.165, 1.54) is 25.7 Å². The van der Waals surface area contributed by atoms with E-state index in [1.807, 2.05) is 30.3 Å². The maximum absolute atomic E-state index is 11.7. The zero-order valence-electron chi connectivity index (χ0n) is 21.7. The lowest BCUT2D eigenvalue weighted by Gasteiger charge is -2.26. The van der Waals surface area contributed by atoms with Crippen LogP contribution in [0.25, 0.3) is 33.8 Å². The number of aromatic amines is 1. The third-order valence-corrected chi connectivity index (χ3v) is 7.78. The number of fused-ring (bicyclic) bond motifs is 1. The molecule has 4 heterocycles. The number of rotatable bonds is 8. The molecule has 5 aromatic rings. The highest BCUT2D eigenvalue weighted by Crippen LogP contribution is 2.35. The lowest BCUT2D eigenvalue weighted by molar-refractivity contribution is 0.270. The highest BCUT2D eigenvalue weighted by Gasteiger charge is 2.23. The molecule has 2 N–H and O–H groups in total. The molecule has 0 saturated heterocycles. The molecule has 0 unspecified atom stereocenters. The van der Waals surface area contributed by atoms with E-state index < -0.39 is 5.76 Å². The fourth-order valence-corrected chi connectivity index (χ4v) is 5.59. The van der Waals surface area contributed by atoms with Crippen molar-refractivity contribution in [2.45, 2.75) is 52.1 Å². The van der Waals surface area contributed by atoms with Crippen LogP contribution in [-0.2, 0) is 13.1 Å². The molecule has 0 amide bonds. The Kier molecular flexibility index (Phi) is 7.15. The summed E-state index contributed by atoms with van der Waals surface area (Å²) in [6, 6.07) is 13.9. The molecule has 1 aromatic carbocycles. The summed E-state index contributed by atoms with van der Waals surface area (Å²) in [5.74, 6) is 1.86. The van der Waals surface area contributed by atoms with Gasteiger partial charge in [0.2, 0.25) is 11.8 Å². The molecule has 200 valence electrons. The topological polar surface area (TPSA) is 115 Å². The standard InChI is InChI=1S/C29H30ClN7O2/c1-18-7-9-19(10-8-18)11-12-37-26-23(34-28(37)32-15-20-5-3-2-4-6-20)14-24(27-35-29(38)39-36-27)33-25(26)21-13-22(30)17-31-16-21/h2-6,13-14,16-19H,7-12,15H2,1H3,(H,32,34)(H,35,36,38). The molecule has 39 heavy (non-hydrogen) atoms. The second-order valence-corrected chi connectivity index (χ2v) is 10.8. The number of H-pyrrole nitrogens is 1. The van der Waals surface area contributed by atoms with E-state index in [0.29, 0.717) is 28.9 Å². The van der Waals surface area contributed by atoms with Crippen molar-refractivity contribution in [3.05, 3.63) is 76.0 Å². The summed E-state index contributed by atoms with van der Waals surface area (Å²) in [6.07, 6.45) is 9.48. The summed E-state index contributed by atoms with van der Waals surface area (Å²) < 4.78 is 6.98. The van der Waals surface area contributed by atoms with Gasteiger partial charge in [-0.05, 0) is 36.0 Å². The molecule has 1 aliphatic rings. The van der Waals surface area contributed by atoms with E-state index in [-0.39, 0.29) is 5.82 Å². The Morgan fingerprint density at radius 2 is 1.92 bits per heavy atom. The number of nitrogens with one attached hydrogen (secondary N) is 2. The highest BCUT2D eigenvalue weighted by atomic mass is 35.5. The molecule has 0 atom stereocenters. The van der Waals surface area contributed by atoms with Crippen molar-refractivity contribution >= 4 is 28.6 Å². The number of pyridine rings is 2. The van der Waals surface area contributed by atoms with Gasteiger partial charge in [-0.25, -0.2) is 14.8 Å². The van der Waals surface area contributed by atoms with Gasteiger partial charge in [0.15, 0.2) is 0 Å². The normalized spacial score (nSPS) is 17.5. The van der Waals surface area contributed by atoms with Crippen molar-refractivity contribution in [3.8, 4) is 22.8 Å². The van der Waals surface area contributed by atoms with E-state index >= 15 is 0 Å². The third kappa shape index (κ3) is 5.59. The number of anilines is 1. The van der Waals surface area contributed by atoms with Gasteiger partial charge >= 0.3 is 5.76 Å². The zero-order chi connectivity index (χ0) is 26.8. The fourth-order valence-electron chi connectivity index (χ4n) is 5.42. The van der Waals surface area contributed by atoms with Crippen LogP contribution in [0.5, 0.6) is 0 Å². The Morgan fingerprint density at radius 1 is 1.10 bits per heavy atom. The summed E-state index contributed by atoms with van der Waals surface area (Å²) in [7, 11) is 0. The number of benzene rings is 1. The van der Waals surface area contributed by atoms with Crippen molar-refractivity contribution in [2.24, 2.45) is 11.8 Å². The molecule has 0 aliphatic heterocycles. The minimum absolute atomic E-state index is 0.239. The van der Waals surface area contributed by atoms with E-state index in [2.05, 4.69) is 44.1 Å². The SMILES string of the molecule is CC1CCC(CCn2c(NCc3ccccc3)nc3cc(-c4noc(=O)[nH]4)nc(-c4cncc(Cl)c4)c32)CC1. The molecule has 0 spiro atoms. The van der Waals surface area contributed by atoms with Crippen LogP contribution in [-0.4, -0.2) is 29.7 Å². The van der Waals surface area contributed by atoms with Crippen LogP contribution < -0.4 is 11.1 Å². The maximum atomic E-state index is 11.7. The molecule has 6 rings (SSSR count). The Bertz CT molecular complexity index is 1630. The van der Waals surface area contributed by atoms with Crippen LogP contribution in [0.3, 0.4) is 0 Å².